The minimum atomic E-state index is -3.74. The molecule has 0 atom stereocenters. The molecule has 2 heterocycles. The van der Waals surface area contributed by atoms with Gasteiger partial charge in [-0.25, -0.2) is 8.42 Å². The lowest BCUT2D eigenvalue weighted by Gasteiger charge is -2.38. The summed E-state index contributed by atoms with van der Waals surface area (Å²) in [7, 11) is -0.654. The highest BCUT2D eigenvalue weighted by Gasteiger charge is 2.39. The van der Waals surface area contributed by atoms with Crippen molar-refractivity contribution in [3.8, 4) is 11.5 Å². The Kier molecular flexibility index (Phi) is 5.01. The molecule has 0 bridgehead atoms. The Morgan fingerprint density at radius 3 is 2.50 bits per heavy atom. The van der Waals surface area contributed by atoms with Crippen molar-refractivity contribution in [2.75, 3.05) is 20.2 Å². The van der Waals surface area contributed by atoms with Crippen LogP contribution in [-0.4, -0.2) is 43.6 Å². The van der Waals surface area contributed by atoms with Crippen molar-refractivity contribution in [3.05, 3.63) is 51.4 Å². The molecule has 1 aliphatic heterocycles. The number of benzene rings is 1. The van der Waals surface area contributed by atoms with E-state index in [-0.39, 0.29) is 35.4 Å². The summed E-state index contributed by atoms with van der Waals surface area (Å²) in [5, 5.41) is 0.313. The second kappa shape index (κ2) is 6.94. The Morgan fingerprint density at radius 1 is 1.19 bits per heavy atom. The van der Waals surface area contributed by atoms with Gasteiger partial charge in [-0.15, -0.1) is 0 Å². The van der Waals surface area contributed by atoms with Crippen LogP contribution in [0.5, 0.6) is 11.5 Å². The lowest BCUT2D eigenvalue weighted by molar-refractivity contribution is 0.0758. The molecule has 1 aliphatic rings. The van der Waals surface area contributed by atoms with Gasteiger partial charge in [0.1, 0.15) is 22.5 Å². The summed E-state index contributed by atoms with van der Waals surface area (Å²) in [6.07, 6.45) is -0.318. The predicted octanol–water partition coefficient (Wildman–Crippen LogP) is 1.81. The Labute approximate surface area is 156 Å². The number of aromatic nitrogens is 1. The molecular formula is C17H19ClN2O5S. The van der Waals surface area contributed by atoms with Crippen LogP contribution in [0.3, 0.4) is 0 Å². The standard InChI is InChI=1S/C17H19ClN2O5S/c1-11-6-13(8-17(21)19(11)2)25-14-9-20(10-14)26(22,23)16-7-12(18)4-5-15(16)24-3/h4-8,14H,9-10H2,1-3H3. The second-order valence-corrected chi connectivity index (χ2v) is 8.43. The first-order chi connectivity index (χ1) is 12.2. The molecule has 0 aliphatic carbocycles. The van der Waals surface area contributed by atoms with Crippen molar-refractivity contribution in [3.63, 3.8) is 0 Å². The summed E-state index contributed by atoms with van der Waals surface area (Å²) in [5.41, 5.74) is 0.590. The van der Waals surface area contributed by atoms with Crippen LogP contribution >= 0.6 is 11.6 Å². The number of pyridine rings is 1. The summed E-state index contributed by atoms with van der Waals surface area (Å²) in [4.78, 5) is 11.8. The van der Waals surface area contributed by atoms with Gasteiger partial charge in [-0.3, -0.25) is 4.79 Å². The zero-order chi connectivity index (χ0) is 19.1. The van der Waals surface area contributed by atoms with Crippen LogP contribution in [0, 0.1) is 6.92 Å². The van der Waals surface area contributed by atoms with Crippen LogP contribution in [0.15, 0.2) is 40.0 Å². The van der Waals surface area contributed by atoms with E-state index >= 15 is 0 Å². The van der Waals surface area contributed by atoms with Gasteiger partial charge in [0.05, 0.1) is 20.2 Å². The summed E-state index contributed by atoms with van der Waals surface area (Å²) >= 11 is 5.93. The van der Waals surface area contributed by atoms with Gasteiger partial charge >= 0.3 is 0 Å². The normalized spacial score (nSPS) is 15.5. The van der Waals surface area contributed by atoms with Crippen molar-refractivity contribution in [2.45, 2.75) is 17.9 Å². The molecule has 1 aromatic carbocycles. The van der Waals surface area contributed by atoms with Crippen molar-refractivity contribution in [1.82, 2.24) is 8.87 Å². The summed E-state index contributed by atoms with van der Waals surface area (Å²) in [5.74, 6) is 0.675. The van der Waals surface area contributed by atoms with E-state index < -0.39 is 10.0 Å². The average molecular weight is 399 g/mol. The van der Waals surface area contributed by atoms with Gasteiger partial charge in [-0.2, -0.15) is 4.31 Å². The predicted molar refractivity (Wildman–Crippen MR) is 97.6 cm³/mol. The highest BCUT2D eigenvalue weighted by atomic mass is 35.5. The van der Waals surface area contributed by atoms with E-state index in [4.69, 9.17) is 21.1 Å². The Balaban J connectivity index is 1.73. The molecule has 1 aromatic heterocycles. The number of sulfonamides is 1. The lowest BCUT2D eigenvalue weighted by Crippen LogP contribution is -2.56. The van der Waals surface area contributed by atoms with Gasteiger partial charge in [-0.1, -0.05) is 11.6 Å². The third kappa shape index (κ3) is 3.44. The van der Waals surface area contributed by atoms with Crippen LogP contribution in [0.2, 0.25) is 5.02 Å². The van der Waals surface area contributed by atoms with E-state index in [0.717, 1.165) is 5.69 Å². The minimum absolute atomic E-state index is 0.0235. The molecule has 1 fully saturated rings. The maximum absolute atomic E-state index is 12.8. The molecule has 0 N–H and O–H groups in total. The fourth-order valence-corrected chi connectivity index (χ4v) is 4.58. The molecule has 26 heavy (non-hydrogen) atoms. The molecule has 1 saturated heterocycles. The van der Waals surface area contributed by atoms with Crippen LogP contribution < -0.4 is 15.0 Å². The van der Waals surface area contributed by atoms with Gasteiger partial charge in [0.25, 0.3) is 5.56 Å². The van der Waals surface area contributed by atoms with Crippen molar-refractivity contribution in [2.24, 2.45) is 7.05 Å². The Bertz CT molecular complexity index is 997. The van der Waals surface area contributed by atoms with Crippen molar-refractivity contribution >= 4 is 21.6 Å². The zero-order valence-corrected chi connectivity index (χ0v) is 16.2. The van der Waals surface area contributed by atoms with Crippen LogP contribution in [0.1, 0.15) is 5.69 Å². The fourth-order valence-electron chi connectivity index (χ4n) is 2.66. The first-order valence-electron chi connectivity index (χ1n) is 7.90. The molecule has 0 unspecified atom stereocenters. The summed E-state index contributed by atoms with van der Waals surface area (Å²) in [6, 6.07) is 7.60. The van der Waals surface area contributed by atoms with Crippen LogP contribution in [-0.2, 0) is 17.1 Å². The molecule has 0 spiro atoms. The largest absolute Gasteiger partial charge is 0.495 e. The molecule has 9 heteroatoms. The maximum atomic E-state index is 12.8. The molecule has 140 valence electrons. The highest BCUT2D eigenvalue weighted by Crippen LogP contribution is 2.32. The number of nitrogens with zero attached hydrogens (tertiary/aromatic N) is 2. The topological polar surface area (TPSA) is 77.8 Å². The monoisotopic (exact) mass is 398 g/mol. The SMILES string of the molecule is COc1ccc(Cl)cc1S(=O)(=O)N1CC(Oc2cc(C)n(C)c(=O)c2)C1. The second-order valence-electron chi connectivity index (χ2n) is 6.09. The maximum Gasteiger partial charge on any atom is 0.254 e. The fraction of sp³-hybridized carbons (Fsp3) is 0.353. The lowest BCUT2D eigenvalue weighted by atomic mass is 10.2. The third-order valence-electron chi connectivity index (χ3n) is 4.34. The van der Waals surface area contributed by atoms with Crippen LogP contribution in [0.25, 0.3) is 0 Å². The van der Waals surface area contributed by atoms with Gasteiger partial charge in [0.15, 0.2) is 0 Å². The molecule has 3 rings (SSSR count). The van der Waals surface area contributed by atoms with Crippen molar-refractivity contribution in [1.29, 1.82) is 0 Å². The molecular weight excluding hydrogens is 380 g/mol. The number of methoxy groups -OCH3 is 1. The van der Waals surface area contributed by atoms with E-state index in [1.54, 1.807) is 26.1 Å². The number of halogens is 1. The molecule has 2 aromatic rings. The number of ether oxygens (including phenoxy) is 2. The Hall–Kier alpha value is -2.03. The number of aryl methyl sites for hydroxylation is 1. The minimum Gasteiger partial charge on any atom is -0.495 e. The van der Waals surface area contributed by atoms with Gasteiger partial charge in [0, 0.05) is 23.8 Å². The quantitative estimate of drug-likeness (QED) is 0.767. The smallest absolute Gasteiger partial charge is 0.254 e. The zero-order valence-electron chi connectivity index (χ0n) is 14.6. The molecule has 0 amide bonds. The van der Waals surface area contributed by atoms with Crippen molar-refractivity contribution < 1.29 is 17.9 Å². The number of hydrogen-bond acceptors (Lipinski definition) is 5. The van der Waals surface area contributed by atoms with E-state index in [1.165, 1.54) is 34.2 Å². The summed E-state index contributed by atoms with van der Waals surface area (Å²) in [6.45, 7) is 2.18. The number of rotatable bonds is 5. The van der Waals surface area contributed by atoms with E-state index in [0.29, 0.717) is 10.8 Å². The van der Waals surface area contributed by atoms with Gasteiger partial charge in [-0.05, 0) is 31.2 Å². The van der Waals surface area contributed by atoms with E-state index in [1.807, 2.05) is 0 Å². The first-order valence-corrected chi connectivity index (χ1v) is 9.72. The molecule has 7 nitrogen and oxygen atoms in total. The third-order valence-corrected chi connectivity index (χ3v) is 6.43. The summed E-state index contributed by atoms with van der Waals surface area (Å²) < 4.78 is 39.2. The van der Waals surface area contributed by atoms with Gasteiger partial charge < -0.3 is 14.0 Å². The van der Waals surface area contributed by atoms with E-state index in [9.17, 15) is 13.2 Å². The Morgan fingerprint density at radius 2 is 1.88 bits per heavy atom. The molecule has 0 radical (unpaired) electrons. The number of hydrogen-bond donors (Lipinski definition) is 0. The van der Waals surface area contributed by atoms with Gasteiger partial charge in [0.2, 0.25) is 10.0 Å². The highest BCUT2D eigenvalue weighted by molar-refractivity contribution is 7.89. The average Bonchev–Trinajstić information content (AvgIpc) is 2.55. The van der Waals surface area contributed by atoms with Crippen LogP contribution in [0.4, 0.5) is 0 Å². The first kappa shape index (κ1) is 18.8. The van der Waals surface area contributed by atoms with E-state index in [2.05, 4.69) is 0 Å². The molecule has 0 saturated carbocycles.